The standard InChI is InChI=1S/C13H18ClNO2/c1-4-17-11-8-6-5-7-10(11)12(16)15-13(2,3)9-14/h5-8H,4,9H2,1-3H3,(H,15,16). The van der Waals surface area contributed by atoms with Crippen molar-refractivity contribution in [1.82, 2.24) is 5.32 Å². The molecule has 0 radical (unpaired) electrons. The zero-order valence-electron chi connectivity index (χ0n) is 10.4. The lowest BCUT2D eigenvalue weighted by molar-refractivity contribution is 0.0916. The highest BCUT2D eigenvalue weighted by atomic mass is 35.5. The van der Waals surface area contributed by atoms with E-state index in [1.807, 2.05) is 32.9 Å². The van der Waals surface area contributed by atoms with E-state index in [2.05, 4.69) is 5.32 Å². The number of nitrogens with one attached hydrogen (secondary N) is 1. The first kappa shape index (κ1) is 13.8. The third-order valence-electron chi connectivity index (χ3n) is 2.22. The molecule has 0 fully saturated rings. The summed E-state index contributed by atoms with van der Waals surface area (Å²) in [5.41, 5.74) is 0.102. The van der Waals surface area contributed by atoms with Gasteiger partial charge in [0.15, 0.2) is 0 Å². The Bertz CT molecular complexity index is 391. The zero-order chi connectivity index (χ0) is 12.9. The number of carbonyl (C=O) groups is 1. The van der Waals surface area contributed by atoms with Gasteiger partial charge in [-0.3, -0.25) is 4.79 Å². The molecule has 17 heavy (non-hydrogen) atoms. The fourth-order valence-corrected chi connectivity index (χ4v) is 1.41. The van der Waals surface area contributed by atoms with Gasteiger partial charge in [0, 0.05) is 11.4 Å². The van der Waals surface area contributed by atoms with Crippen molar-refractivity contribution in [2.45, 2.75) is 26.3 Å². The maximum atomic E-state index is 12.1. The van der Waals surface area contributed by atoms with Gasteiger partial charge in [-0.1, -0.05) is 12.1 Å². The van der Waals surface area contributed by atoms with E-state index in [1.54, 1.807) is 12.1 Å². The second-order valence-electron chi connectivity index (χ2n) is 4.40. The molecule has 0 unspecified atom stereocenters. The molecule has 1 amide bonds. The van der Waals surface area contributed by atoms with E-state index in [0.29, 0.717) is 23.8 Å². The number of ether oxygens (including phenoxy) is 1. The molecule has 0 aromatic heterocycles. The molecular formula is C13H18ClNO2. The Kier molecular flexibility index (Phi) is 4.82. The van der Waals surface area contributed by atoms with E-state index in [0.717, 1.165) is 0 Å². The van der Waals surface area contributed by atoms with Gasteiger partial charge in [0.2, 0.25) is 0 Å². The normalized spacial score (nSPS) is 11.1. The van der Waals surface area contributed by atoms with Crippen LogP contribution in [0.1, 0.15) is 31.1 Å². The Morgan fingerprint density at radius 3 is 2.65 bits per heavy atom. The average molecular weight is 256 g/mol. The summed E-state index contributed by atoms with van der Waals surface area (Å²) in [6.07, 6.45) is 0. The zero-order valence-corrected chi connectivity index (χ0v) is 11.2. The van der Waals surface area contributed by atoms with Crippen LogP contribution in [0.15, 0.2) is 24.3 Å². The molecule has 1 N–H and O–H groups in total. The first-order chi connectivity index (χ1) is 8.00. The van der Waals surface area contributed by atoms with E-state index in [4.69, 9.17) is 16.3 Å². The summed E-state index contributed by atoms with van der Waals surface area (Å²) < 4.78 is 5.41. The van der Waals surface area contributed by atoms with Gasteiger partial charge in [-0.2, -0.15) is 0 Å². The minimum atomic E-state index is -0.433. The van der Waals surface area contributed by atoms with Crippen LogP contribution < -0.4 is 10.1 Å². The Balaban J connectivity index is 2.88. The molecule has 0 saturated heterocycles. The molecule has 0 bridgehead atoms. The summed E-state index contributed by atoms with van der Waals surface area (Å²) in [4.78, 5) is 12.1. The summed E-state index contributed by atoms with van der Waals surface area (Å²) in [6.45, 7) is 6.17. The molecule has 0 aliphatic rings. The largest absolute Gasteiger partial charge is 0.493 e. The van der Waals surface area contributed by atoms with Crippen LogP contribution in [0.25, 0.3) is 0 Å². The van der Waals surface area contributed by atoms with Crippen LogP contribution >= 0.6 is 11.6 Å². The van der Waals surface area contributed by atoms with Gasteiger partial charge in [-0.15, -0.1) is 11.6 Å². The first-order valence-corrected chi connectivity index (χ1v) is 6.14. The number of rotatable bonds is 5. The van der Waals surface area contributed by atoms with Gasteiger partial charge in [-0.25, -0.2) is 0 Å². The lowest BCUT2D eigenvalue weighted by atomic mass is 10.1. The monoisotopic (exact) mass is 255 g/mol. The van der Waals surface area contributed by atoms with Gasteiger partial charge in [0.1, 0.15) is 5.75 Å². The quantitative estimate of drug-likeness (QED) is 0.822. The van der Waals surface area contributed by atoms with E-state index < -0.39 is 5.54 Å². The molecule has 4 heteroatoms. The molecule has 94 valence electrons. The highest BCUT2D eigenvalue weighted by molar-refractivity contribution is 6.18. The van der Waals surface area contributed by atoms with Gasteiger partial charge < -0.3 is 10.1 Å². The topological polar surface area (TPSA) is 38.3 Å². The summed E-state index contributed by atoms with van der Waals surface area (Å²) in [5.74, 6) is 0.785. The van der Waals surface area contributed by atoms with Crippen molar-refractivity contribution in [3.05, 3.63) is 29.8 Å². The molecule has 1 aromatic carbocycles. The van der Waals surface area contributed by atoms with Crippen LogP contribution in [-0.2, 0) is 0 Å². The maximum absolute atomic E-state index is 12.1. The van der Waals surface area contributed by atoms with E-state index in [1.165, 1.54) is 0 Å². The summed E-state index contributed by atoms with van der Waals surface area (Å²) in [7, 11) is 0. The molecule has 3 nitrogen and oxygen atoms in total. The van der Waals surface area contributed by atoms with Gasteiger partial charge in [0.25, 0.3) is 5.91 Å². The molecule has 0 aliphatic heterocycles. The minimum absolute atomic E-state index is 0.167. The summed E-state index contributed by atoms with van der Waals surface area (Å²) in [5, 5.41) is 2.87. The van der Waals surface area contributed by atoms with Crippen LogP contribution in [0.2, 0.25) is 0 Å². The third-order valence-corrected chi connectivity index (χ3v) is 2.89. The number of amides is 1. The van der Waals surface area contributed by atoms with E-state index >= 15 is 0 Å². The second kappa shape index (κ2) is 5.92. The molecule has 0 atom stereocenters. The lowest BCUT2D eigenvalue weighted by Crippen LogP contribution is -2.45. The van der Waals surface area contributed by atoms with Crippen molar-refractivity contribution in [3.63, 3.8) is 0 Å². The SMILES string of the molecule is CCOc1ccccc1C(=O)NC(C)(C)CCl. The van der Waals surface area contributed by atoms with Crippen LogP contribution in [0.5, 0.6) is 5.75 Å². The van der Waals surface area contributed by atoms with Crippen LogP contribution in [0, 0.1) is 0 Å². The number of hydrogen-bond donors (Lipinski definition) is 1. The highest BCUT2D eigenvalue weighted by Crippen LogP contribution is 2.19. The number of alkyl halides is 1. The minimum Gasteiger partial charge on any atom is -0.493 e. The van der Waals surface area contributed by atoms with Crippen molar-refractivity contribution in [2.24, 2.45) is 0 Å². The predicted molar refractivity (Wildman–Crippen MR) is 69.9 cm³/mol. The predicted octanol–water partition coefficient (Wildman–Crippen LogP) is 2.83. The molecule has 0 spiro atoms. The molecule has 0 aliphatic carbocycles. The van der Waals surface area contributed by atoms with Crippen molar-refractivity contribution in [3.8, 4) is 5.75 Å². The molecule has 1 rings (SSSR count). The van der Waals surface area contributed by atoms with Crippen molar-refractivity contribution >= 4 is 17.5 Å². The number of hydrogen-bond acceptors (Lipinski definition) is 2. The Morgan fingerprint density at radius 1 is 1.41 bits per heavy atom. The molecule has 0 heterocycles. The number of carbonyl (C=O) groups excluding carboxylic acids is 1. The molecular weight excluding hydrogens is 238 g/mol. The third kappa shape index (κ3) is 3.93. The number of benzene rings is 1. The van der Waals surface area contributed by atoms with E-state index in [9.17, 15) is 4.79 Å². The van der Waals surface area contributed by atoms with Crippen LogP contribution in [-0.4, -0.2) is 23.9 Å². The molecule has 1 aromatic rings. The van der Waals surface area contributed by atoms with Gasteiger partial charge in [-0.05, 0) is 32.9 Å². The maximum Gasteiger partial charge on any atom is 0.255 e. The fourth-order valence-electron chi connectivity index (χ4n) is 1.34. The summed E-state index contributed by atoms with van der Waals surface area (Å²) >= 11 is 5.78. The average Bonchev–Trinajstić information content (AvgIpc) is 2.29. The first-order valence-electron chi connectivity index (χ1n) is 5.60. The second-order valence-corrected chi connectivity index (χ2v) is 4.67. The van der Waals surface area contributed by atoms with Gasteiger partial charge in [0.05, 0.1) is 12.2 Å². The lowest BCUT2D eigenvalue weighted by Gasteiger charge is -2.23. The van der Waals surface area contributed by atoms with Crippen LogP contribution in [0.4, 0.5) is 0 Å². The van der Waals surface area contributed by atoms with Crippen molar-refractivity contribution < 1.29 is 9.53 Å². The highest BCUT2D eigenvalue weighted by Gasteiger charge is 2.21. The number of halogens is 1. The Morgan fingerprint density at radius 2 is 2.06 bits per heavy atom. The Labute approximate surface area is 107 Å². The van der Waals surface area contributed by atoms with Gasteiger partial charge >= 0.3 is 0 Å². The van der Waals surface area contributed by atoms with E-state index in [-0.39, 0.29) is 5.91 Å². The smallest absolute Gasteiger partial charge is 0.255 e. The fraction of sp³-hybridized carbons (Fsp3) is 0.462. The number of para-hydroxylation sites is 1. The van der Waals surface area contributed by atoms with Crippen molar-refractivity contribution in [1.29, 1.82) is 0 Å². The Hall–Kier alpha value is -1.22. The molecule has 0 saturated carbocycles. The van der Waals surface area contributed by atoms with Crippen molar-refractivity contribution in [2.75, 3.05) is 12.5 Å². The van der Waals surface area contributed by atoms with Crippen LogP contribution in [0.3, 0.4) is 0 Å². The summed E-state index contributed by atoms with van der Waals surface area (Å²) in [6, 6.07) is 7.18.